The molecule has 3 aliphatic rings. The minimum atomic E-state index is -0.767. The van der Waals surface area contributed by atoms with E-state index in [-0.39, 0.29) is 17.9 Å². The molecule has 0 spiro atoms. The van der Waals surface area contributed by atoms with E-state index >= 15 is 0 Å². The number of carbonyl (C=O) groups is 2. The number of rotatable bonds is 4. The van der Waals surface area contributed by atoms with Crippen molar-refractivity contribution < 1.29 is 19.1 Å². The Morgan fingerprint density at radius 3 is 2.28 bits per heavy atom. The van der Waals surface area contributed by atoms with Crippen LogP contribution < -0.4 is 14.8 Å². The Kier molecular flexibility index (Phi) is 6.93. The first-order valence-electron chi connectivity index (χ1n) is 13.2. The molecule has 1 unspecified atom stereocenters. The lowest BCUT2D eigenvalue weighted by Crippen LogP contribution is -2.48. The number of fused-ring (bicyclic) bond motifs is 1. The summed E-state index contributed by atoms with van der Waals surface area (Å²) >= 11 is 0. The first-order chi connectivity index (χ1) is 17.4. The van der Waals surface area contributed by atoms with Crippen molar-refractivity contribution in [1.29, 1.82) is 0 Å². The summed E-state index contributed by atoms with van der Waals surface area (Å²) in [4.78, 5) is 30.6. The van der Waals surface area contributed by atoms with Crippen LogP contribution in [0.5, 0.6) is 11.5 Å². The average Bonchev–Trinajstić information content (AvgIpc) is 3.02. The number of hydrogen-bond donors (Lipinski definition) is 1. The second kappa shape index (κ2) is 10.1. The number of amides is 2. The van der Waals surface area contributed by atoms with Gasteiger partial charge in [-0.2, -0.15) is 0 Å². The van der Waals surface area contributed by atoms with Crippen LogP contribution >= 0.6 is 0 Å². The van der Waals surface area contributed by atoms with Gasteiger partial charge in [0.1, 0.15) is 16.9 Å². The second-order valence-corrected chi connectivity index (χ2v) is 10.4. The highest BCUT2D eigenvalue weighted by Crippen LogP contribution is 2.53. The molecule has 2 fully saturated rings. The van der Waals surface area contributed by atoms with Gasteiger partial charge >= 0.3 is 6.09 Å². The van der Waals surface area contributed by atoms with Crippen LogP contribution in [0.15, 0.2) is 36.4 Å². The monoisotopic (exact) mass is 491 g/mol. The lowest BCUT2D eigenvalue weighted by Gasteiger charge is -2.36. The number of carbonyl (C=O) groups excluding carboxylic acids is 2. The minimum absolute atomic E-state index is 0.0305. The predicted octanol–water partition coefficient (Wildman–Crippen LogP) is 4.96. The van der Waals surface area contributed by atoms with E-state index in [1.165, 1.54) is 12.8 Å². The summed E-state index contributed by atoms with van der Waals surface area (Å²) in [6.07, 6.45) is 6.39. The quantitative estimate of drug-likeness (QED) is 0.613. The van der Waals surface area contributed by atoms with E-state index in [2.05, 4.69) is 23.3 Å². The van der Waals surface area contributed by atoms with Crippen molar-refractivity contribution in [3.05, 3.63) is 53.1 Å². The van der Waals surface area contributed by atoms with Gasteiger partial charge in [-0.05, 0) is 62.1 Å². The molecular weight excluding hydrogens is 454 g/mol. The summed E-state index contributed by atoms with van der Waals surface area (Å²) < 4.78 is 11.2. The van der Waals surface area contributed by atoms with E-state index in [1.807, 2.05) is 37.3 Å². The van der Waals surface area contributed by atoms with Gasteiger partial charge in [0.15, 0.2) is 0 Å². The molecule has 2 aliphatic heterocycles. The van der Waals surface area contributed by atoms with E-state index in [1.54, 1.807) is 12.0 Å². The second-order valence-electron chi connectivity index (χ2n) is 10.4. The van der Waals surface area contributed by atoms with Crippen molar-refractivity contribution in [2.75, 3.05) is 45.7 Å². The van der Waals surface area contributed by atoms with Crippen LogP contribution in [0.25, 0.3) is 0 Å². The van der Waals surface area contributed by atoms with Gasteiger partial charge in [0, 0.05) is 31.7 Å². The van der Waals surface area contributed by atoms with E-state index in [9.17, 15) is 9.59 Å². The highest BCUT2D eigenvalue weighted by molar-refractivity contribution is 6.10. The van der Waals surface area contributed by atoms with Crippen molar-refractivity contribution in [2.24, 2.45) is 5.92 Å². The Balaban J connectivity index is 1.49. The Hall–Kier alpha value is -3.06. The third-order valence-corrected chi connectivity index (χ3v) is 8.40. The number of benzene rings is 2. The first kappa shape index (κ1) is 24.6. The molecule has 0 aromatic heterocycles. The van der Waals surface area contributed by atoms with Gasteiger partial charge in [-0.3, -0.25) is 4.79 Å². The number of ether oxygens (including phenoxy) is 2. The Bertz CT molecular complexity index is 1120. The fraction of sp³-hybridized carbons (Fsp3) is 0.517. The number of piperazine rings is 1. The van der Waals surface area contributed by atoms with Gasteiger partial charge in [0.25, 0.3) is 0 Å². The molecule has 5 rings (SSSR count). The highest BCUT2D eigenvalue weighted by atomic mass is 16.6. The molecule has 2 aromatic rings. The van der Waals surface area contributed by atoms with Crippen molar-refractivity contribution in [3.63, 3.8) is 0 Å². The first-order valence-corrected chi connectivity index (χ1v) is 13.2. The Labute approximate surface area is 213 Å². The number of likely N-dealkylation sites (N-methyl/N-ethyl adjacent to an activating group) is 1. The predicted molar refractivity (Wildman–Crippen MR) is 140 cm³/mol. The fourth-order valence-electron chi connectivity index (χ4n) is 6.32. The van der Waals surface area contributed by atoms with Crippen molar-refractivity contribution in [2.45, 2.75) is 50.9 Å². The molecule has 0 bridgehead atoms. The maximum absolute atomic E-state index is 14.0. The molecule has 7 nitrogen and oxygen atoms in total. The molecule has 36 heavy (non-hydrogen) atoms. The van der Waals surface area contributed by atoms with Gasteiger partial charge in [0.2, 0.25) is 5.91 Å². The molecule has 1 aliphatic carbocycles. The molecule has 1 saturated carbocycles. The Morgan fingerprint density at radius 1 is 0.972 bits per heavy atom. The molecule has 7 heteroatoms. The molecule has 2 amide bonds. The lowest BCUT2D eigenvalue weighted by atomic mass is 9.64. The zero-order chi connectivity index (χ0) is 25.3. The lowest BCUT2D eigenvalue weighted by molar-refractivity contribution is -0.121. The molecule has 192 valence electrons. The van der Waals surface area contributed by atoms with Gasteiger partial charge < -0.3 is 24.6 Å². The maximum atomic E-state index is 14.0. The SMILES string of the molecule is COc1ccc2c(c1C)NC(=O)C2(c1ccc(OC(=O)N2CCN(C)CC2)cc1)C1CCCCCC1. The topological polar surface area (TPSA) is 71.1 Å². The number of nitrogens with zero attached hydrogens (tertiary/aromatic N) is 2. The zero-order valence-electron chi connectivity index (χ0n) is 21.6. The highest BCUT2D eigenvalue weighted by Gasteiger charge is 2.53. The van der Waals surface area contributed by atoms with Crippen LogP contribution in [-0.2, 0) is 10.2 Å². The molecule has 2 aromatic carbocycles. The van der Waals surface area contributed by atoms with Gasteiger partial charge in [-0.25, -0.2) is 4.79 Å². The third-order valence-electron chi connectivity index (χ3n) is 8.40. The van der Waals surface area contributed by atoms with Crippen LogP contribution in [0.3, 0.4) is 0 Å². The Morgan fingerprint density at radius 2 is 1.64 bits per heavy atom. The molecule has 2 heterocycles. The third kappa shape index (κ3) is 4.23. The summed E-state index contributed by atoms with van der Waals surface area (Å²) in [7, 11) is 3.71. The summed E-state index contributed by atoms with van der Waals surface area (Å²) in [6.45, 7) is 5.02. The van der Waals surface area contributed by atoms with Crippen molar-refractivity contribution in [1.82, 2.24) is 9.80 Å². The standard InChI is InChI=1S/C29H37N3O4/c1-20-25(35-3)15-14-24-26(20)30-27(33)29(24,21-8-6-4-5-7-9-21)22-10-12-23(13-11-22)36-28(34)32-18-16-31(2)17-19-32/h10-15,21H,4-9,16-19H2,1-3H3,(H,30,33). The summed E-state index contributed by atoms with van der Waals surface area (Å²) in [5, 5.41) is 3.23. The smallest absolute Gasteiger partial charge is 0.415 e. The largest absolute Gasteiger partial charge is 0.496 e. The van der Waals surface area contributed by atoms with Crippen LogP contribution in [0.1, 0.15) is 55.2 Å². The van der Waals surface area contributed by atoms with Crippen LogP contribution in [0, 0.1) is 12.8 Å². The number of methoxy groups -OCH3 is 1. The average molecular weight is 492 g/mol. The summed E-state index contributed by atoms with van der Waals surface area (Å²) in [5.74, 6) is 1.51. The van der Waals surface area contributed by atoms with E-state index in [0.717, 1.165) is 66.9 Å². The van der Waals surface area contributed by atoms with Crippen molar-refractivity contribution in [3.8, 4) is 11.5 Å². The molecule has 1 atom stereocenters. The van der Waals surface area contributed by atoms with Crippen LogP contribution in [0.4, 0.5) is 10.5 Å². The van der Waals surface area contributed by atoms with Gasteiger partial charge in [-0.15, -0.1) is 0 Å². The van der Waals surface area contributed by atoms with E-state index in [4.69, 9.17) is 9.47 Å². The summed E-state index contributed by atoms with van der Waals surface area (Å²) in [6, 6.07) is 11.7. The van der Waals surface area contributed by atoms with E-state index in [0.29, 0.717) is 18.8 Å². The molecule has 0 radical (unpaired) electrons. The van der Waals surface area contributed by atoms with Gasteiger partial charge in [0.05, 0.1) is 12.8 Å². The summed E-state index contributed by atoms with van der Waals surface area (Å²) in [5.41, 5.74) is 3.04. The minimum Gasteiger partial charge on any atom is -0.496 e. The van der Waals surface area contributed by atoms with Crippen LogP contribution in [0.2, 0.25) is 0 Å². The van der Waals surface area contributed by atoms with E-state index < -0.39 is 5.41 Å². The molecule has 1 N–H and O–H groups in total. The molecular formula is C29H37N3O4. The zero-order valence-corrected chi connectivity index (χ0v) is 21.6. The van der Waals surface area contributed by atoms with Crippen molar-refractivity contribution >= 4 is 17.7 Å². The van der Waals surface area contributed by atoms with Gasteiger partial charge in [-0.1, -0.05) is 43.9 Å². The number of anilines is 1. The number of hydrogen-bond acceptors (Lipinski definition) is 5. The maximum Gasteiger partial charge on any atom is 0.415 e. The molecule has 1 saturated heterocycles. The van der Waals surface area contributed by atoms with Crippen LogP contribution in [-0.4, -0.2) is 62.1 Å². The number of nitrogens with one attached hydrogen (secondary N) is 1. The fourth-order valence-corrected chi connectivity index (χ4v) is 6.32. The normalized spacial score (nSPS) is 23.1.